The van der Waals surface area contributed by atoms with E-state index >= 15 is 0 Å². The van der Waals surface area contributed by atoms with Crippen LogP contribution in [0.25, 0.3) is 21.3 Å². The monoisotopic (exact) mass is 499 g/mol. The van der Waals surface area contributed by atoms with Crippen LogP contribution in [0, 0.1) is 5.82 Å². The maximum absolute atomic E-state index is 13.2. The number of aromatic amines is 1. The van der Waals surface area contributed by atoms with Gasteiger partial charge in [0.15, 0.2) is 11.5 Å². The minimum absolute atomic E-state index is 0.185. The number of halogens is 1. The van der Waals surface area contributed by atoms with Crippen LogP contribution in [-0.4, -0.2) is 35.3 Å². The first-order valence-electron chi connectivity index (χ1n) is 10.3. The van der Waals surface area contributed by atoms with E-state index in [1.54, 1.807) is 44.4 Å². The van der Waals surface area contributed by atoms with Gasteiger partial charge in [-0.15, -0.1) is 23.1 Å². The van der Waals surface area contributed by atoms with Crippen molar-refractivity contribution < 1.29 is 18.7 Å². The Hall–Kier alpha value is -3.37. The molecule has 0 spiro atoms. The van der Waals surface area contributed by atoms with Gasteiger partial charge in [-0.1, -0.05) is 12.1 Å². The molecule has 1 atom stereocenters. The fourth-order valence-electron chi connectivity index (χ4n) is 3.34. The van der Waals surface area contributed by atoms with E-state index in [-0.39, 0.29) is 17.3 Å². The molecule has 4 rings (SSSR count). The molecule has 10 heteroatoms. The fraction of sp³-hybridized carbons (Fsp3) is 0.208. The summed E-state index contributed by atoms with van der Waals surface area (Å²) >= 11 is 2.71. The molecule has 7 nitrogen and oxygen atoms in total. The number of carbonyl (C=O) groups excluding carboxylic acids is 1. The number of amides is 1. The second-order valence-electron chi connectivity index (χ2n) is 7.36. The van der Waals surface area contributed by atoms with Crippen LogP contribution in [0.3, 0.4) is 0 Å². The first-order valence-corrected chi connectivity index (χ1v) is 12.2. The van der Waals surface area contributed by atoms with E-state index in [0.29, 0.717) is 39.0 Å². The Morgan fingerprint density at radius 1 is 1.18 bits per heavy atom. The lowest BCUT2D eigenvalue weighted by Gasteiger charge is -2.14. The molecule has 2 aromatic carbocycles. The SMILES string of the molecule is COc1ccc(NC(=O)[C@H](C)SCc2nc3scc(-c4ccc(F)cc4)c3c(=O)[nH]2)cc1OC. The van der Waals surface area contributed by atoms with Crippen molar-refractivity contribution in [2.24, 2.45) is 0 Å². The third kappa shape index (κ3) is 5.07. The lowest BCUT2D eigenvalue weighted by atomic mass is 10.1. The molecule has 2 heterocycles. The van der Waals surface area contributed by atoms with Crippen LogP contribution in [0.5, 0.6) is 11.5 Å². The lowest BCUT2D eigenvalue weighted by molar-refractivity contribution is -0.115. The summed E-state index contributed by atoms with van der Waals surface area (Å²) in [6, 6.07) is 11.1. The van der Waals surface area contributed by atoms with Crippen molar-refractivity contribution in [2.75, 3.05) is 19.5 Å². The molecule has 0 aliphatic heterocycles. The van der Waals surface area contributed by atoms with Crippen molar-refractivity contribution in [1.29, 1.82) is 0 Å². The van der Waals surface area contributed by atoms with E-state index in [9.17, 15) is 14.0 Å². The molecular formula is C24H22FN3O4S2. The molecule has 0 saturated heterocycles. The summed E-state index contributed by atoms with van der Waals surface area (Å²) in [4.78, 5) is 33.4. The molecule has 0 bridgehead atoms. The Balaban J connectivity index is 1.44. The molecule has 0 radical (unpaired) electrons. The van der Waals surface area contributed by atoms with Crippen LogP contribution in [0.1, 0.15) is 12.7 Å². The van der Waals surface area contributed by atoms with Gasteiger partial charge in [-0.05, 0) is 36.8 Å². The van der Waals surface area contributed by atoms with Gasteiger partial charge in [0.2, 0.25) is 5.91 Å². The number of anilines is 1. The smallest absolute Gasteiger partial charge is 0.260 e. The standard InChI is InChI=1S/C24H22FN3O4S2/c1-13(22(29)26-16-8-9-18(31-2)19(10-16)32-3)33-12-20-27-23(30)21-17(11-34-24(21)28-20)14-4-6-15(25)7-5-14/h4-11,13H,12H2,1-3H3,(H,26,29)(H,27,28,30)/t13-/m0/s1. The van der Waals surface area contributed by atoms with E-state index in [1.165, 1.54) is 42.3 Å². The number of hydrogen-bond acceptors (Lipinski definition) is 7. The van der Waals surface area contributed by atoms with Crippen LogP contribution in [0.15, 0.2) is 52.6 Å². The molecule has 0 fully saturated rings. The van der Waals surface area contributed by atoms with Crippen molar-refractivity contribution in [1.82, 2.24) is 9.97 Å². The number of H-pyrrole nitrogens is 1. The number of nitrogens with one attached hydrogen (secondary N) is 2. The predicted molar refractivity (Wildman–Crippen MR) is 135 cm³/mol. The number of carbonyl (C=O) groups is 1. The first-order chi connectivity index (χ1) is 16.4. The van der Waals surface area contributed by atoms with Gasteiger partial charge in [0.05, 0.1) is 30.6 Å². The largest absolute Gasteiger partial charge is 0.493 e. The summed E-state index contributed by atoms with van der Waals surface area (Å²) < 4.78 is 23.7. The molecule has 4 aromatic rings. The number of fused-ring (bicyclic) bond motifs is 1. The maximum atomic E-state index is 13.2. The van der Waals surface area contributed by atoms with Gasteiger partial charge in [0, 0.05) is 22.7 Å². The number of hydrogen-bond donors (Lipinski definition) is 2. The second-order valence-corrected chi connectivity index (χ2v) is 9.55. The number of methoxy groups -OCH3 is 2. The number of aromatic nitrogens is 2. The molecule has 1 amide bonds. The van der Waals surface area contributed by atoms with Crippen LogP contribution < -0.4 is 20.3 Å². The van der Waals surface area contributed by atoms with Crippen molar-refractivity contribution in [2.45, 2.75) is 17.9 Å². The number of rotatable bonds is 8. The van der Waals surface area contributed by atoms with Gasteiger partial charge >= 0.3 is 0 Å². The number of thiophene rings is 1. The Morgan fingerprint density at radius 2 is 1.91 bits per heavy atom. The van der Waals surface area contributed by atoms with Crippen molar-refractivity contribution in [3.8, 4) is 22.6 Å². The van der Waals surface area contributed by atoms with E-state index in [0.717, 1.165) is 11.1 Å². The molecule has 0 saturated carbocycles. The Morgan fingerprint density at radius 3 is 2.62 bits per heavy atom. The quantitative estimate of drug-likeness (QED) is 0.352. The zero-order valence-corrected chi connectivity index (χ0v) is 20.3. The normalized spacial score (nSPS) is 11.9. The predicted octanol–water partition coefficient (Wildman–Crippen LogP) is 5.07. The highest BCUT2D eigenvalue weighted by Crippen LogP contribution is 2.32. The van der Waals surface area contributed by atoms with Crippen LogP contribution in [-0.2, 0) is 10.5 Å². The molecule has 0 unspecified atom stereocenters. The van der Waals surface area contributed by atoms with Gasteiger partial charge in [-0.3, -0.25) is 9.59 Å². The lowest BCUT2D eigenvalue weighted by Crippen LogP contribution is -2.23. The second kappa shape index (κ2) is 10.3. The average molecular weight is 500 g/mol. The number of benzene rings is 2. The molecular weight excluding hydrogens is 477 g/mol. The highest BCUT2D eigenvalue weighted by atomic mass is 32.2. The minimum Gasteiger partial charge on any atom is -0.493 e. The van der Waals surface area contributed by atoms with E-state index in [2.05, 4.69) is 15.3 Å². The average Bonchev–Trinajstić information content (AvgIpc) is 3.27. The minimum atomic E-state index is -0.396. The van der Waals surface area contributed by atoms with Gasteiger partial charge in [-0.2, -0.15) is 0 Å². The number of ether oxygens (including phenoxy) is 2. The maximum Gasteiger partial charge on any atom is 0.260 e. The van der Waals surface area contributed by atoms with Crippen LogP contribution in [0.4, 0.5) is 10.1 Å². The highest BCUT2D eigenvalue weighted by Gasteiger charge is 2.17. The van der Waals surface area contributed by atoms with Crippen LogP contribution in [0.2, 0.25) is 0 Å². The summed E-state index contributed by atoms with van der Waals surface area (Å²) in [7, 11) is 3.08. The first kappa shape index (κ1) is 23.8. The van der Waals surface area contributed by atoms with E-state index in [1.807, 2.05) is 5.38 Å². The summed E-state index contributed by atoms with van der Waals surface area (Å²) in [6.07, 6.45) is 0. The fourth-order valence-corrected chi connectivity index (χ4v) is 5.06. The van der Waals surface area contributed by atoms with Crippen molar-refractivity contribution in [3.63, 3.8) is 0 Å². The van der Waals surface area contributed by atoms with Gasteiger partial charge in [0.1, 0.15) is 16.5 Å². The molecule has 2 aromatic heterocycles. The Kier molecular flexibility index (Phi) is 7.18. The molecule has 0 aliphatic carbocycles. The summed E-state index contributed by atoms with van der Waals surface area (Å²) in [5.74, 6) is 1.42. The zero-order chi connectivity index (χ0) is 24.2. The van der Waals surface area contributed by atoms with Gasteiger partial charge in [0.25, 0.3) is 5.56 Å². The Bertz CT molecular complexity index is 1390. The van der Waals surface area contributed by atoms with E-state index < -0.39 is 5.25 Å². The summed E-state index contributed by atoms with van der Waals surface area (Å²) in [6.45, 7) is 1.79. The van der Waals surface area contributed by atoms with Gasteiger partial charge < -0.3 is 19.8 Å². The molecule has 0 aliphatic rings. The number of nitrogens with zero attached hydrogens (tertiary/aromatic N) is 1. The van der Waals surface area contributed by atoms with Crippen molar-refractivity contribution >= 4 is 44.9 Å². The number of thioether (sulfide) groups is 1. The zero-order valence-electron chi connectivity index (χ0n) is 18.7. The molecule has 34 heavy (non-hydrogen) atoms. The topological polar surface area (TPSA) is 93.3 Å². The summed E-state index contributed by atoms with van der Waals surface area (Å²) in [5.41, 5.74) is 1.80. The Labute approximate surface area is 203 Å². The van der Waals surface area contributed by atoms with Crippen LogP contribution >= 0.6 is 23.1 Å². The third-order valence-corrected chi connectivity index (χ3v) is 7.16. The molecule has 2 N–H and O–H groups in total. The molecule has 176 valence electrons. The summed E-state index contributed by atoms with van der Waals surface area (Å²) in [5, 5.41) is 4.78. The highest BCUT2D eigenvalue weighted by molar-refractivity contribution is 7.99. The van der Waals surface area contributed by atoms with Crippen molar-refractivity contribution in [3.05, 3.63) is 69.8 Å². The third-order valence-electron chi connectivity index (χ3n) is 5.14. The van der Waals surface area contributed by atoms with E-state index in [4.69, 9.17) is 9.47 Å². The van der Waals surface area contributed by atoms with Gasteiger partial charge in [-0.25, -0.2) is 9.37 Å².